The molecule has 0 bridgehead atoms. The normalized spacial score (nSPS) is 18.6. The van der Waals surface area contributed by atoms with Crippen molar-refractivity contribution >= 4 is 28.9 Å². The molecule has 0 radical (unpaired) electrons. The maximum absolute atomic E-state index is 15.0. The largest absolute Gasteiger partial charge is 0.487 e. The van der Waals surface area contributed by atoms with Crippen LogP contribution in [0.25, 0.3) is 10.9 Å². The van der Waals surface area contributed by atoms with Gasteiger partial charge in [-0.15, -0.1) is 0 Å². The molecule has 4 N–H and O–H groups in total. The predicted molar refractivity (Wildman–Crippen MR) is 108 cm³/mol. The number of halogens is 1. The number of likely N-dealkylation sites (N-methyl/N-ethyl adjacent to an activating group) is 1. The number of nitrogens with one attached hydrogen (secondary N) is 1. The zero-order chi connectivity index (χ0) is 21.3. The first-order chi connectivity index (χ1) is 13.8. The Hall–Kier alpha value is -3.14. The number of anilines is 1. The van der Waals surface area contributed by atoms with Gasteiger partial charge in [0.1, 0.15) is 17.9 Å². The van der Waals surface area contributed by atoms with Gasteiger partial charge in [-0.05, 0) is 20.0 Å². The maximum atomic E-state index is 15.0. The third-order valence-electron chi connectivity index (χ3n) is 5.19. The average molecular weight is 405 g/mol. The molecule has 156 valence electrons. The van der Waals surface area contributed by atoms with Crippen molar-refractivity contribution in [3.8, 4) is 5.75 Å². The topological polar surface area (TPSA) is 125 Å². The molecule has 1 atom stereocenters. The van der Waals surface area contributed by atoms with Crippen molar-refractivity contribution in [2.75, 3.05) is 44.7 Å². The van der Waals surface area contributed by atoms with E-state index in [4.69, 9.17) is 10.1 Å². The molecule has 0 amide bonds. The Morgan fingerprint density at radius 3 is 2.59 bits per heavy atom. The summed E-state index contributed by atoms with van der Waals surface area (Å²) in [7, 11) is 2.02. The van der Waals surface area contributed by atoms with E-state index < -0.39 is 17.2 Å². The second-order valence-electron chi connectivity index (χ2n) is 7.13. The molecule has 9 nitrogen and oxygen atoms in total. The molecular formula is C19H24FN5O4. The standard InChI is InChI=1S/C18H20FN3O4.CH4N2/c1-10-9-26-17-14-11(16(23)12(18(24)25)8-22(10)14)7-13(19)15(17)21-5-3-20(2)4-6-21;2-1-3/h7-8,10H,3-6,9H2,1-2H3,(H,24,25);1H,(H3,2,3)/t10-;/m0./s1. The van der Waals surface area contributed by atoms with Crippen LogP contribution in [0.1, 0.15) is 23.3 Å². The summed E-state index contributed by atoms with van der Waals surface area (Å²) in [5, 5.41) is 15.2. The highest BCUT2D eigenvalue weighted by Gasteiger charge is 2.30. The molecule has 29 heavy (non-hydrogen) atoms. The van der Waals surface area contributed by atoms with Crippen molar-refractivity contribution in [2.24, 2.45) is 5.73 Å². The Morgan fingerprint density at radius 2 is 2.00 bits per heavy atom. The van der Waals surface area contributed by atoms with Gasteiger partial charge in [-0.3, -0.25) is 10.2 Å². The lowest BCUT2D eigenvalue weighted by Crippen LogP contribution is -2.45. The summed E-state index contributed by atoms with van der Waals surface area (Å²) in [4.78, 5) is 28.1. The number of aromatic carboxylic acids is 1. The molecule has 1 fully saturated rings. The number of carboxylic acids is 1. The van der Waals surface area contributed by atoms with Gasteiger partial charge in [0.2, 0.25) is 5.43 Å². The molecule has 2 aromatic rings. The van der Waals surface area contributed by atoms with Crippen LogP contribution in [0.15, 0.2) is 17.1 Å². The number of hydrogen-bond donors (Lipinski definition) is 3. The monoisotopic (exact) mass is 405 g/mol. The number of hydrogen-bond acceptors (Lipinski definition) is 6. The first-order valence-electron chi connectivity index (χ1n) is 9.21. The highest BCUT2D eigenvalue weighted by molar-refractivity contribution is 5.97. The van der Waals surface area contributed by atoms with Crippen LogP contribution in [0.4, 0.5) is 10.1 Å². The van der Waals surface area contributed by atoms with Gasteiger partial charge in [-0.1, -0.05) is 0 Å². The number of pyridine rings is 1. The summed E-state index contributed by atoms with van der Waals surface area (Å²) >= 11 is 0. The van der Waals surface area contributed by atoms with Crippen molar-refractivity contribution < 1.29 is 19.0 Å². The van der Waals surface area contributed by atoms with Gasteiger partial charge in [-0.25, -0.2) is 9.18 Å². The van der Waals surface area contributed by atoms with E-state index in [0.717, 1.165) is 25.5 Å². The fourth-order valence-corrected chi connectivity index (χ4v) is 3.69. The first kappa shape index (κ1) is 20.6. The Kier molecular flexibility index (Phi) is 5.73. The van der Waals surface area contributed by atoms with Crippen LogP contribution in [0.3, 0.4) is 0 Å². The molecule has 0 spiro atoms. The van der Waals surface area contributed by atoms with Crippen LogP contribution >= 0.6 is 0 Å². The summed E-state index contributed by atoms with van der Waals surface area (Å²) in [5.74, 6) is -1.54. The number of nitrogens with two attached hydrogens (primary N) is 1. The number of aromatic nitrogens is 1. The van der Waals surface area contributed by atoms with Gasteiger partial charge < -0.3 is 29.9 Å². The van der Waals surface area contributed by atoms with E-state index in [0.29, 0.717) is 30.0 Å². The predicted octanol–water partition coefficient (Wildman–Crippen LogP) is 1.10. The van der Waals surface area contributed by atoms with Gasteiger partial charge >= 0.3 is 5.97 Å². The Morgan fingerprint density at radius 1 is 1.38 bits per heavy atom. The Bertz CT molecular complexity index is 1010. The minimum Gasteiger partial charge on any atom is -0.487 e. The fraction of sp³-hybridized carbons (Fsp3) is 0.421. The van der Waals surface area contributed by atoms with Crippen molar-refractivity contribution in [1.82, 2.24) is 9.47 Å². The molecule has 3 heterocycles. The summed E-state index contributed by atoms with van der Waals surface area (Å²) in [5.41, 5.74) is 4.17. The second-order valence-corrected chi connectivity index (χ2v) is 7.13. The van der Waals surface area contributed by atoms with Crippen LogP contribution in [-0.2, 0) is 0 Å². The minimum absolute atomic E-state index is 0.0434. The van der Waals surface area contributed by atoms with E-state index in [1.165, 1.54) is 6.20 Å². The average Bonchev–Trinajstić information content (AvgIpc) is 2.67. The van der Waals surface area contributed by atoms with Gasteiger partial charge in [-0.2, -0.15) is 0 Å². The summed E-state index contributed by atoms with van der Waals surface area (Å²) in [6.07, 6.45) is 2.09. The molecule has 0 aliphatic carbocycles. The van der Waals surface area contributed by atoms with Crippen molar-refractivity contribution in [3.05, 3.63) is 33.9 Å². The molecule has 1 saturated heterocycles. The van der Waals surface area contributed by atoms with E-state index >= 15 is 0 Å². The van der Waals surface area contributed by atoms with E-state index in [1.54, 1.807) is 4.57 Å². The van der Waals surface area contributed by atoms with E-state index in [-0.39, 0.29) is 23.6 Å². The molecule has 1 aromatic carbocycles. The molecule has 1 aromatic heterocycles. The van der Waals surface area contributed by atoms with Crippen LogP contribution in [0, 0.1) is 11.2 Å². The number of ether oxygens (including phenoxy) is 1. The van der Waals surface area contributed by atoms with Gasteiger partial charge in [0.05, 0.1) is 23.3 Å². The zero-order valence-electron chi connectivity index (χ0n) is 16.3. The number of carboxylic acid groups (broad SMARTS) is 1. The highest BCUT2D eigenvalue weighted by atomic mass is 19.1. The smallest absolute Gasteiger partial charge is 0.341 e. The van der Waals surface area contributed by atoms with E-state index in [9.17, 15) is 19.1 Å². The van der Waals surface area contributed by atoms with E-state index in [1.807, 2.05) is 18.9 Å². The van der Waals surface area contributed by atoms with Gasteiger partial charge in [0.25, 0.3) is 0 Å². The third kappa shape index (κ3) is 3.63. The second kappa shape index (κ2) is 8.08. The maximum Gasteiger partial charge on any atom is 0.341 e. The summed E-state index contributed by atoms with van der Waals surface area (Å²) in [6, 6.07) is 0.994. The molecule has 2 aliphatic heterocycles. The van der Waals surface area contributed by atoms with Crippen LogP contribution in [0.5, 0.6) is 5.75 Å². The molecule has 0 saturated carbocycles. The van der Waals surface area contributed by atoms with Crippen molar-refractivity contribution in [3.63, 3.8) is 0 Å². The lowest BCUT2D eigenvalue weighted by atomic mass is 10.1. The number of rotatable bonds is 2. The molecule has 0 unspecified atom stereocenters. The number of carbonyl (C=O) groups is 1. The zero-order valence-corrected chi connectivity index (χ0v) is 16.3. The number of nitrogens with zero attached hydrogens (tertiary/aromatic N) is 3. The Labute approximate surface area is 166 Å². The van der Waals surface area contributed by atoms with Crippen LogP contribution < -0.4 is 20.8 Å². The lowest BCUT2D eigenvalue weighted by Gasteiger charge is -2.37. The highest BCUT2D eigenvalue weighted by Crippen LogP contribution is 2.42. The van der Waals surface area contributed by atoms with Gasteiger partial charge in [0, 0.05) is 32.4 Å². The van der Waals surface area contributed by atoms with Crippen LogP contribution in [-0.4, -0.2) is 66.7 Å². The molecular weight excluding hydrogens is 381 g/mol. The SMILES string of the molecule is C[C@H]1COc2c(N3CCN(C)CC3)c(F)cc3c(=O)c(C(=O)O)cn1c23.N=CN. The number of benzene rings is 1. The summed E-state index contributed by atoms with van der Waals surface area (Å²) < 4.78 is 22.6. The third-order valence-corrected chi connectivity index (χ3v) is 5.19. The van der Waals surface area contributed by atoms with E-state index in [2.05, 4.69) is 10.6 Å². The molecule has 10 heteroatoms. The molecule has 2 aliphatic rings. The summed E-state index contributed by atoms with van der Waals surface area (Å²) in [6.45, 7) is 5.08. The lowest BCUT2D eigenvalue weighted by molar-refractivity contribution is 0.0694. The van der Waals surface area contributed by atoms with Crippen LogP contribution in [0.2, 0.25) is 0 Å². The molecule has 4 rings (SSSR count). The Balaban J connectivity index is 0.000000755. The number of piperazine rings is 1. The van der Waals surface area contributed by atoms with Crippen molar-refractivity contribution in [1.29, 1.82) is 5.41 Å². The quantitative estimate of drug-likeness (QED) is 0.505. The first-order valence-corrected chi connectivity index (χ1v) is 9.21. The fourth-order valence-electron chi connectivity index (χ4n) is 3.69. The van der Waals surface area contributed by atoms with Gasteiger partial charge in [0.15, 0.2) is 11.6 Å². The minimum atomic E-state index is -1.32. The van der Waals surface area contributed by atoms with Crippen molar-refractivity contribution in [2.45, 2.75) is 13.0 Å².